The lowest BCUT2D eigenvalue weighted by Gasteiger charge is -2.27. The first-order valence-electron chi connectivity index (χ1n) is 11.1. The van der Waals surface area contributed by atoms with Gasteiger partial charge in [0.25, 0.3) is 0 Å². The van der Waals surface area contributed by atoms with Crippen molar-refractivity contribution >= 4 is 17.5 Å². The monoisotopic (exact) mass is 416 g/mol. The average Bonchev–Trinajstić information content (AvgIpc) is 3.12. The van der Waals surface area contributed by atoms with Gasteiger partial charge in [0.1, 0.15) is 5.82 Å². The van der Waals surface area contributed by atoms with E-state index in [4.69, 9.17) is 5.10 Å². The molecule has 0 saturated carbocycles. The number of amides is 1. The fourth-order valence-electron chi connectivity index (χ4n) is 4.84. The zero-order chi connectivity index (χ0) is 21.5. The molecule has 2 aliphatic heterocycles. The Bertz CT molecular complexity index is 1130. The van der Waals surface area contributed by atoms with E-state index in [0.29, 0.717) is 18.1 Å². The van der Waals surface area contributed by atoms with Crippen molar-refractivity contribution in [1.82, 2.24) is 20.0 Å². The number of nitrogens with one attached hydrogen (secondary N) is 1. The van der Waals surface area contributed by atoms with Gasteiger partial charge in [-0.25, -0.2) is 0 Å². The molecule has 1 aromatic carbocycles. The van der Waals surface area contributed by atoms with Gasteiger partial charge in [-0.05, 0) is 63.3 Å². The van der Waals surface area contributed by atoms with Crippen molar-refractivity contribution in [2.24, 2.45) is 0 Å². The molecule has 1 amide bonds. The van der Waals surface area contributed by atoms with Crippen molar-refractivity contribution in [3.63, 3.8) is 0 Å². The highest BCUT2D eigenvalue weighted by atomic mass is 16.1. The molecular weight excluding hydrogens is 388 g/mol. The predicted molar refractivity (Wildman–Crippen MR) is 121 cm³/mol. The van der Waals surface area contributed by atoms with Crippen molar-refractivity contribution in [2.45, 2.75) is 52.4 Å². The number of aromatic nitrogens is 4. The molecule has 31 heavy (non-hydrogen) atoms. The number of piperidine rings is 1. The van der Waals surface area contributed by atoms with Crippen LogP contribution in [0.4, 0.5) is 11.6 Å². The van der Waals surface area contributed by atoms with Gasteiger partial charge in [-0.2, -0.15) is 9.78 Å². The summed E-state index contributed by atoms with van der Waals surface area (Å²) in [7, 11) is 0. The molecule has 4 heterocycles. The second kappa shape index (κ2) is 7.80. The van der Waals surface area contributed by atoms with Gasteiger partial charge in [0, 0.05) is 31.0 Å². The minimum atomic E-state index is -0.0158. The van der Waals surface area contributed by atoms with E-state index in [1.807, 2.05) is 19.1 Å². The van der Waals surface area contributed by atoms with Gasteiger partial charge < -0.3 is 10.2 Å². The lowest BCUT2D eigenvalue weighted by Crippen LogP contribution is -2.30. The van der Waals surface area contributed by atoms with Crippen LogP contribution in [-0.4, -0.2) is 39.0 Å². The summed E-state index contributed by atoms with van der Waals surface area (Å²) in [6.45, 7) is 8.24. The molecule has 160 valence electrons. The van der Waals surface area contributed by atoms with Gasteiger partial charge in [-0.15, -0.1) is 10.2 Å². The molecule has 0 aliphatic carbocycles. The highest BCUT2D eigenvalue weighted by Gasteiger charge is 2.33. The number of rotatable bonds is 3. The molecular formula is C24H28N6O. The van der Waals surface area contributed by atoms with Crippen LogP contribution in [-0.2, 0) is 4.79 Å². The van der Waals surface area contributed by atoms with Gasteiger partial charge >= 0.3 is 0 Å². The number of carbonyl (C=O) groups is 1. The molecule has 7 nitrogen and oxygen atoms in total. The maximum absolute atomic E-state index is 12.7. The zero-order valence-electron chi connectivity index (χ0n) is 18.4. The van der Waals surface area contributed by atoms with Crippen LogP contribution in [0.25, 0.3) is 5.82 Å². The molecule has 1 fully saturated rings. The van der Waals surface area contributed by atoms with Crippen molar-refractivity contribution in [3.8, 4) is 5.82 Å². The van der Waals surface area contributed by atoms with E-state index < -0.39 is 0 Å². The number of anilines is 2. The molecule has 2 aliphatic rings. The summed E-state index contributed by atoms with van der Waals surface area (Å²) in [5.41, 5.74) is 5.54. The third-order valence-corrected chi connectivity index (χ3v) is 6.45. The van der Waals surface area contributed by atoms with Crippen molar-refractivity contribution in [1.29, 1.82) is 0 Å². The SMILES string of the molecule is Cc1ccc(C)c([C@@H]2CC(=O)Nc3c2c(C)nn3-c2ccc(N3CCCCC3)nn2)c1. The summed E-state index contributed by atoms with van der Waals surface area (Å²) >= 11 is 0. The van der Waals surface area contributed by atoms with E-state index in [9.17, 15) is 4.79 Å². The van der Waals surface area contributed by atoms with Crippen molar-refractivity contribution in [2.75, 3.05) is 23.3 Å². The van der Waals surface area contributed by atoms with Crippen LogP contribution in [0.3, 0.4) is 0 Å². The molecule has 3 aromatic rings. The first kappa shape index (κ1) is 19.7. The van der Waals surface area contributed by atoms with Gasteiger partial charge in [-0.1, -0.05) is 23.8 Å². The predicted octanol–water partition coefficient (Wildman–Crippen LogP) is 4.05. The topological polar surface area (TPSA) is 75.9 Å². The smallest absolute Gasteiger partial charge is 0.226 e. The number of hydrogen-bond acceptors (Lipinski definition) is 5. The van der Waals surface area contributed by atoms with Crippen LogP contribution in [0.15, 0.2) is 30.3 Å². The number of fused-ring (bicyclic) bond motifs is 1. The van der Waals surface area contributed by atoms with Gasteiger partial charge in [-0.3, -0.25) is 4.79 Å². The maximum Gasteiger partial charge on any atom is 0.226 e. The largest absolute Gasteiger partial charge is 0.355 e. The Morgan fingerprint density at radius 3 is 2.45 bits per heavy atom. The van der Waals surface area contributed by atoms with E-state index >= 15 is 0 Å². The second-order valence-corrected chi connectivity index (χ2v) is 8.72. The molecule has 1 atom stereocenters. The van der Waals surface area contributed by atoms with Crippen LogP contribution in [0.1, 0.15) is 59.5 Å². The Morgan fingerprint density at radius 2 is 1.71 bits per heavy atom. The van der Waals surface area contributed by atoms with Crippen LogP contribution < -0.4 is 10.2 Å². The maximum atomic E-state index is 12.7. The number of hydrogen-bond donors (Lipinski definition) is 1. The van der Waals surface area contributed by atoms with Gasteiger partial charge in [0.2, 0.25) is 5.91 Å². The van der Waals surface area contributed by atoms with Crippen LogP contribution in [0, 0.1) is 20.8 Å². The molecule has 2 aromatic heterocycles. The Hall–Kier alpha value is -3.22. The normalized spacial score (nSPS) is 18.6. The third kappa shape index (κ3) is 3.58. The molecule has 7 heteroatoms. The Balaban J connectivity index is 1.54. The summed E-state index contributed by atoms with van der Waals surface area (Å²) in [5, 5.41) is 16.7. The number of benzene rings is 1. The van der Waals surface area contributed by atoms with Gasteiger partial charge in [0.15, 0.2) is 11.6 Å². The minimum Gasteiger partial charge on any atom is -0.355 e. The summed E-state index contributed by atoms with van der Waals surface area (Å²) in [4.78, 5) is 14.9. The van der Waals surface area contributed by atoms with Crippen molar-refractivity contribution < 1.29 is 4.79 Å². The average molecular weight is 417 g/mol. The lowest BCUT2D eigenvalue weighted by molar-refractivity contribution is -0.116. The van der Waals surface area contributed by atoms with Crippen LogP contribution in [0.5, 0.6) is 0 Å². The molecule has 5 rings (SSSR count). The molecule has 1 N–H and O–H groups in total. The fourth-order valence-corrected chi connectivity index (χ4v) is 4.84. The van der Waals surface area contributed by atoms with E-state index in [1.54, 1.807) is 4.68 Å². The summed E-state index contributed by atoms with van der Waals surface area (Å²) < 4.78 is 1.73. The first-order chi connectivity index (χ1) is 15.0. The van der Waals surface area contributed by atoms with E-state index in [2.05, 4.69) is 52.5 Å². The molecule has 0 unspecified atom stereocenters. The number of nitrogens with zero attached hydrogens (tertiary/aromatic N) is 5. The number of aryl methyl sites for hydroxylation is 3. The van der Waals surface area contributed by atoms with E-state index in [0.717, 1.165) is 30.2 Å². The Labute approximate surface area is 182 Å². The van der Waals surface area contributed by atoms with Crippen LogP contribution >= 0.6 is 0 Å². The Morgan fingerprint density at radius 1 is 0.968 bits per heavy atom. The molecule has 0 radical (unpaired) electrons. The van der Waals surface area contributed by atoms with E-state index in [1.165, 1.54) is 36.0 Å². The van der Waals surface area contributed by atoms with E-state index in [-0.39, 0.29) is 11.8 Å². The lowest BCUT2D eigenvalue weighted by atomic mass is 9.83. The zero-order valence-corrected chi connectivity index (χ0v) is 18.4. The highest BCUT2D eigenvalue weighted by Crippen LogP contribution is 2.41. The molecule has 0 bridgehead atoms. The highest BCUT2D eigenvalue weighted by molar-refractivity contribution is 5.95. The van der Waals surface area contributed by atoms with Crippen molar-refractivity contribution in [3.05, 3.63) is 58.3 Å². The quantitative estimate of drug-likeness (QED) is 0.697. The summed E-state index contributed by atoms with van der Waals surface area (Å²) in [5.74, 6) is 2.21. The first-order valence-corrected chi connectivity index (χ1v) is 11.1. The fraction of sp³-hybridized carbons (Fsp3) is 0.417. The number of carbonyl (C=O) groups excluding carboxylic acids is 1. The molecule has 0 spiro atoms. The summed E-state index contributed by atoms with van der Waals surface area (Å²) in [6.07, 6.45) is 4.09. The van der Waals surface area contributed by atoms with Gasteiger partial charge in [0.05, 0.1) is 5.69 Å². The standard InChI is InChI=1S/C24H28N6O/c1-15-7-8-16(2)18(13-15)19-14-22(31)25-24-23(19)17(3)28-30(24)21-10-9-20(26-27-21)29-11-5-4-6-12-29/h7-10,13,19H,4-6,11-12,14H2,1-3H3,(H,25,31)/t19-/m0/s1. The molecule has 1 saturated heterocycles. The minimum absolute atomic E-state index is 0.00236. The van der Waals surface area contributed by atoms with Crippen LogP contribution in [0.2, 0.25) is 0 Å². The summed E-state index contributed by atoms with van der Waals surface area (Å²) in [6, 6.07) is 10.4. The third-order valence-electron chi connectivity index (χ3n) is 6.45. The Kier molecular flexibility index (Phi) is 4.96. The second-order valence-electron chi connectivity index (χ2n) is 8.72.